The van der Waals surface area contributed by atoms with E-state index in [1.165, 1.54) is 0 Å². The Morgan fingerprint density at radius 3 is 2.50 bits per heavy atom. The van der Waals surface area contributed by atoms with E-state index in [1.807, 2.05) is 4.90 Å². The number of nitrogen functional groups attached to an aromatic ring is 1. The Bertz CT molecular complexity index is 1080. The largest absolute Gasteiger partial charge is 0.378 e. The third-order valence-corrected chi connectivity index (χ3v) is 7.00. The molecule has 11 nitrogen and oxygen atoms in total. The zero-order valence-corrected chi connectivity index (χ0v) is 20.1. The van der Waals surface area contributed by atoms with Gasteiger partial charge in [-0.25, -0.2) is 15.0 Å². The summed E-state index contributed by atoms with van der Waals surface area (Å²) in [6.45, 7) is 10.6. The van der Waals surface area contributed by atoms with Crippen molar-refractivity contribution in [2.75, 3.05) is 61.5 Å². The van der Waals surface area contributed by atoms with Gasteiger partial charge in [-0.05, 0) is 33.6 Å². The highest BCUT2D eigenvalue weighted by Gasteiger charge is 2.46. The highest BCUT2D eigenvalue weighted by Crippen LogP contribution is 2.41. The van der Waals surface area contributed by atoms with Gasteiger partial charge in [-0.15, -0.1) is 0 Å². The first kappa shape index (κ1) is 22.7. The summed E-state index contributed by atoms with van der Waals surface area (Å²) in [6.07, 6.45) is 5.10. The first-order chi connectivity index (χ1) is 16.2. The maximum atomic E-state index is 12.9. The number of nitrogens with zero attached hydrogens (tertiary/aromatic N) is 7. The molecule has 0 unspecified atom stereocenters. The van der Waals surface area contributed by atoms with Crippen LogP contribution in [0.15, 0.2) is 12.4 Å². The lowest BCUT2D eigenvalue weighted by Gasteiger charge is -2.38. The van der Waals surface area contributed by atoms with Gasteiger partial charge in [0.2, 0.25) is 17.8 Å². The van der Waals surface area contributed by atoms with E-state index < -0.39 is 5.54 Å². The van der Waals surface area contributed by atoms with Gasteiger partial charge in [0.15, 0.2) is 0 Å². The van der Waals surface area contributed by atoms with Crippen LogP contribution in [0.5, 0.6) is 0 Å². The average Bonchev–Trinajstić information content (AvgIpc) is 3.43. The number of ether oxygens (including phenoxy) is 1. The second kappa shape index (κ2) is 8.31. The predicted molar refractivity (Wildman–Crippen MR) is 129 cm³/mol. The number of likely N-dealkylation sites (tertiary alicyclic amines) is 1. The standard InChI is InChI=1S/C23H33N9O2/c1-22(2,25)19(33)31-7-5-23(3,14-31)32-6-4-16-17(15-12-26-20(24)27-13-15)28-21(29-18(16)32)30-8-10-34-11-9-30/h12-13H,4-11,14,25H2,1-3H3,(H2,24,26,27)/t23-/m0/s1. The number of rotatable bonds is 4. The molecule has 3 aliphatic rings. The van der Waals surface area contributed by atoms with Gasteiger partial charge in [0.25, 0.3) is 0 Å². The summed E-state index contributed by atoms with van der Waals surface area (Å²) in [7, 11) is 0. The summed E-state index contributed by atoms with van der Waals surface area (Å²) in [5, 5.41) is 0. The van der Waals surface area contributed by atoms with Crippen molar-refractivity contribution in [1.29, 1.82) is 0 Å². The van der Waals surface area contributed by atoms with Crippen molar-refractivity contribution < 1.29 is 9.53 Å². The lowest BCUT2D eigenvalue weighted by Crippen LogP contribution is -2.53. The van der Waals surface area contributed by atoms with Crippen molar-refractivity contribution in [3.8, 4) is 11.3 Å². The van der Waals surface area contributed by atoms with Gasteiger partial charge in [-0.3, -0.25) is 4.79 Å². The van der Waals surface area contributed by atoms with Gasteiger partial charge in [0.05, 0.1) is 30.0 Å². The molecule has 5 heterocycles. The molecule has 0 spiro atoms. The van der Waals surface area contributed by atoms with Crippen LogP contribution in [0.25, 0.3) is 11.3 Å². The van der Waals surface area contributed by atoms with Crippen LogP contribution < -0.4 is 21.3 Å². The van der Waals surface area contributed by atoms with Crippen LogP contribution in [-0.4, -0.2) is 87.8 Å². The number of carbonyl (C=O) groups is 1. The highest BCUT2D eigenvalue weighted by molar-refractivity contribution is 5.85. The Morgan fingerprint density at radius 2 is 1.82 bits per heavy atom. The van der Waals surface area contributed by atoms with Gasteiger partial charge in [0, 0.05) is 56.2 Å². The van der Waals surface area contributed by atoms with Crippen molar-refractivity contribution in [3.63, 3.8) is 0 Å². The maximum absolute atomic E-state index is 12.9. The molecule has 2 saturated heterocycles. The quantitative estimate of drug-likeness (QED) is 0.651. The van der Waals surface area contributed by atoms with Crippen LogP contribution in [0, 0.1) is 0 Å². The van der Waals surface area contributed by atoms with Gasteiger partial charge < -0.3 is 30.9 Å². The number of amides is 1. The zero-order chi connectivity index (χ0) is 24.1. The van der Waals surface area contributed by atoms with Crippen LogP contribution in [0.2, 0.25) is 0 Å². The molecule has 4 N–H and O–H groups in total. The van der Waals surface area contributed by atoms with Crippen molar-refractivity contribution in [2.45, 2.75) is 44.7 Å². The number of morpholine rings is 1. The van der Waals surface area contributed by atoms with Crippen LogP contribution in [0.1, 0.15) is 32.8 Å². The Hall–Kier alpha value is -3.05. The number of carbonyl (C=O) groups excluding carboxylic acids is 1. The topological polar surface area (TPSA) is 140 Å². The smallest absolute Gasteiger partial charge is 0.242 e. The molecule has 2 aromatic rings. The normalized spacial score (nSPS) is 22.9. The molecule has 182 valence electrons. The van der Waals surface area contributed by atoms with Crippen molar-refractivity contribution >= 4 is 23.6 Å². The second-order valence-electron chi connectivity index (χ2n) is 10.2. The fourth-order valence-corrected chi connectivity index (χ4v) is 5.12. The van der Waals surface area contributed by atoms with Crippen LogP contribution >= 0.6 is 0 Å². The highest BCUT2D eigenvalue weighted by atomic mass is 16.5. The number of aromatic nitrogens is 4. The van der Waals surface area contributed by atoms with E-state index in [-0.39, 0.29) is 17.4 Å². The molecule has 2 fully saturated rings. The van der Waals surface area contributed by atoms with E-state index in [0.29, 0.717) is 32.3 Å². The summed E-state index contributed by atoms with van der Waals surface area (Å²) >= 11 is 0. The molecule has 0 aromatic carbocycles. The first-order valence-electron chi connectivity index (χ1n) is 11.8. The minimum Gasteiger partial charge on any atom is -0.378 e. The monoisotopic (exact) mass is 467 g/mol. The Morgan fingerprint density at radius 1 is 1.12 bits per heavy atom. The molecule has 34 heavy (non-hydrogen) atoms. The molecule has 5 rings (SSSR count). The summed E-state index contributed by atoms with van der Waals surface area (Å²) < 4.78 is 5.53. The van der Waals surface area contributed by atoms with E-state index >= 15 is 0 Å². The maximum Gasteiger partial charge on any atom is 0.242 e. The number of fused-ring (bicyclic) bond motifs is 1. The molecule has 0 radical (unpaired) electrons. The minimum atomic E-state index is -0.887. The van der Waals surface area contributed by atoms with E-state index in [4.69, 9.17) is 26.2 Å². The molecule has 3 aliphatic heterocycles. The Balaban J connectivity index is 1.53. The van der Waals surface area contributed by atoms with E-state index in [2.05, 4.69) is 26.7 Å². The molecule has 11 heteroatoms. The van der Waals surface area contributed by atoms with E-state index in [9.17, 15) is 4.79 Å². The third-order valence-electron chi connectivity index (χ3n) is 7.00. The Kier molecular flexibility index (Phi) is 5.56. The van der Waals surface area contributed by atoms with Crippen molar-refractivity contribution in [2.24, 2.45) is 5.73 Å². The fraction of sp³-hybridized carbons (Fsp3) is 0.609. The molecular weight excluding hydrogens is 434 g/mol. The minimum absolute atomic E-state index is 0.0212. The van der Waals surface area contributed by atoms with Crippen molar-refractivity contribution in [3.05, 3.63) is 18.0 Å². The second-order valence-corrected chi connectivity index (χ2v) is 10.2. The molecule has 0 aliphatic carbocycles. The van der Waals surface area contributed by atoms with Crippen LogP contribution in [0.4, 0.5) is 17.7 Å². The van der Waals surface area contributed by atoms with Crippen molar-refractivity contribution in [1.82, 2.24) is 24.8 Å². The number of nitrogens with two attached hydrogens (primary N) is 2. The van der Waals surface area contributed by atoms with Crippen LogP contribution in [-0.2, 0) is 16.0 Å². The lowest BCUT2D eigenvalue weighted by molar-refractivity contribution is -0.134. The SMILES string of the molecule is CC(C)(N)C(=O)N1CC[C@](C)(N2CCc3c(-c4cnc(N)nc4)nc(N4CCOCC4)nc32)C1. The fourth-order valence-electron chi connectivity index (χ4n) is 5.12. The Labute approximate surface area is 199 Å². The van der Waals surface area contributed by atoms with E-state index in [1.54, 1.807) is 26.2 Å². The molecule has 2 aromatic heterocycles. The summed E-state index contributed by atoms with van der Waals surface area (Å²) in [5.74, 6) is 1.81. The number of anilines is 3. The summed E-state index contributed by atoms with van der Waals surface area (Å²) in [6, 6.07) is 0. The van der Waals surface area contributed by atoms with Gasteiger partial charge in [0.1, 0.15) is 5.82 Å². The van der Waals surface area contributed by atoms with Gasteiger partial charge >= 0.3 is 0 Å². The molecule has 1 atom stereocenters. The lowest BCUT2D eigenvalue weighted by atomic mass is 9.99. The zero-order valence-electron chi connectivity index (χ0n) is 20.1. The third kappa shape index (κ3) is 4.03. The summed E-state index contributed by atoms with van der Waals surface area (Å²) in [4.78, 5) is 37.7. The molecule has 1 amide bonds. The number of hydrogen-bond donors (Lipinski definition) is 2. The predicted octanol–water partition coefficient (Wildman–Crippen LogP) is 0.443. The molecular formula is C23H33N9O2. The van der Waals surface area contributed by atoms with E-state index in [0.717, 1.165) is 55.1 Å². The molecule has 0 bridgehead atoms. The average molecular weight is 468 g/mol. The number of hydrogen-bond acceptors (Lipinski definition) is 10. The van der Waals surface area contributed by atoms with Crippen LogP contribution in [0.3, 0.4) is 0 Å². The van der Waals surface area contributed by atoms with Gasteiger partial charge in [-0.1, -0.05) is 0 Å². The molecule has 0 saturated carbocycles. The van der Waals surface area contributed by atoms with Gasteiger partial charge in [-0.2, -0.15) is 4.98 Å². The first-order valence-corrected chi connectivity index (χ1v) is 11.8. The summed E-state index contributed by atoms with van der Waals surface area (Å²) in [5.41, 5.74) is 13.5.